The molecule has 0 radical (unpaired) electrons. The van der Waals surface area contributed by atoms with Crippen LogP contribution in [0.4, 0.5) is 22.0 Å². The Kier molecular flexibility index (Phi) is 4.98. The van der Waals surface area contributed by atoms with Crippen LogP contribution >= 0.6 is 0 Å². The summed E-state index contributed by atoms with van der Waals surface area (Å²) >= 11 is 0. The molecule has 2 N–H and O–H groups in total. The molecule has 0 spiro atoms. The molecule has 9 heteroatoms. The lowest BCUT2D eigenvalue weighted by atomic mass is 10.0. The molecular formula is C11H11F5N2O2. The molecule has 0 fully saturated rings. The van der Waals surface area contributed by atoms with Gasteiger partial charge >= 0.3 is 12.1 Å². The molecular weight excluding hydrogens is 287 g/mol. The second kappa shape index (κ2) is 6.12. The van der Waals surface area contributed by atoms with Gasteiger partial charge < -0.3 is 10.5 Å². The largest absolute Gasteiger partial charge is 0.461 e. The van der Waals surface area contributed by atoms with Crippen molar-refractivity contribution in [1.82, 2.24) is 4.98 Å². The predicted octanol–water partition coefficient (Wildman–Crippen LogP) is 2.67. The number of rotatable bonds is 4. The van der Waals surface area contributed by atoms with Crippen molar-refractivity contribution in [2.24, 2.45) is 5.73 Å². The molecule has 0 saturated heterocycles. The fourth-order valence-corrected chi connectivity index (χ4v) is 1.64. The lowest BCUT2D eigenvalue weighted by molar-refractivity contribution is -0.140. The number of hydrogen-bond acceptors (Lipinski definition) is 4. The SMILES string of the molecule is CCOC(=O)c1ncc(C(F)F)c(C(F)(F)F)c1CN. The summed E-state index contributed by atoms with van der Waals surface area (Å²) in [6.07, 6.45) is -8.15. The van der Waals surface area contributed by atoms with Crippen molar-refractivity contribution in [3.8, 4) is 0 Å². The van der Waals surface area contributed by atoms with Crippen LogP contribution in [0.5, 0.6) is 0 Å². The first-order valence-corrected chi connectivity index (χ1v) is 5.48. The molecule has 0 amide bonds. The van der Waals surface area contributed by atoms with E-state index in [9.17, 15) is 26.7 Å². The summed E-state index contributed by atoms with van der Waals surface area (Å²) in [6, 6.07) is 0. The lowest BCUT2D eigenvalue weighted by Crippen LogP contribution is -2.22. The Morgan fingerprint density at radius 2 is 2.05 bits per heavy atom. The van der Waals surface area contributed by atoms with E-state index in [0.29, 0.717) is 6.20 Å². The third-order valence-corrected chi connectivity index (χ3v) is 2.40. The van der Waals surface area contributed by atoms with Crippen LogP contribution in [0.1, 0.15) is 40.5 Å². The average Bonchev–Trinajstić information content (AvgIpc) is 2.35. The van der Waals surface area contributed by atoms with Crippen molar-refractivity contribution < 1.29 is 31.5 Å². The Bertz CT molecular complexity index is 502. The van der Waals surface area contributed by atoms with Gasteiger partial charge in [-0.3, -0.25) is 0 Å². The van der Waals surface area contributed by atoms with Crippen LogP contribution in [-0.2, 0) is 17.5 Å². The molecule has 112 valence electrons. The quantitative estimate of drug-likeness (QED) is 0.685. The van der Waals surface area contributed by atoms with E-state index in [-0.39, 0.29) is 6.61 Å². The molecule has 1 aromatic rings. The van der Waals surface area contributed by atoms with E-state index in [4.69, 9.17) is 5.73 Å². The number of carbonyl (C=O) groups excluding carboxylic acids is 1. The number of pyridine rings is 1. The van der Waals surface area contributed by atoms with Gasteiger partial charge in [-0.2, -0.15) is 13.2 Å². The minimum atomic E-state index is -5.08. The number of nitrogens with two attached hydrogens (primary N) is 1. The van der Waals surface area contributed by atoms with Crippen LogP contribution in [0.2, 0.25) is 0 Å². The molecule has 0 saturated carbocycles. The lowest BCUT2D eigenvalue weighted by Gasteiger charge is -2.18. The third-order valence-electron chi connectivity index (χ3n) is 2.40. The van der Waals surface area contributed by atoms with Gasteiger partial charge in [0.25, 0.3) is 6.43 Å². The van der Waals surface area contributed by atoms with Gasteiger partial charge in [0.1, 0.15) is 0 Å². The number of esters is 1. The summed E-state index contributed by atoms with van der Waals surface area (Å²) in [5, 5.41) is 0. The minimum Gasteiger partial charge on any atom is -0.461 e. The Labute approximate surface area is 110 Å². The molecule has 1 aromatic heterocycles. The van der Waals surface area contributed by atoms with Crippen molar-refractivity contribution in [2.75, 3.05) is 6.61 Å². The van der Waals surface area contributed by atoms with Gasteiger partial charge in [-0.05, 0) is 6.92 Å². The summed E-state index contributed by atoms with van der Waals surface area (Å²) in [4.78, 5) is 14.8. The van der Waals surface area contributed by atoms with Crippen LogP contribution in [0.3, 0.4) is 0 Å². The topological polar surface area (TPSA) is 65.2 Å². The van der Waals surface area contributed by atoms with E-state index in [2.05, 4.69) is 9.72 Å². The standard InChI is InChI=1S/C11H11F5N2O2/c1-2-20-10(19)8-5(3-17)7(11(14,15)16)6(4-18-8)9(12)13/h4,9H,2-3,17H2,1H3. The summed E-state index contributed by atoms with van der Waals surface area (Å²) < 4.78 is 68.6. The molecule has 0 aromatic carbocycles. The second-order valence-corrected chi connectivity index (χ2v) is 3.64. The number of aromatic nitrogens is 1. The molecule has 0 aliphatic heterocycles. The zero-order valence-electron chi connectivity index (χ0n) is 10.3. The monoisotopic (exact) mass is 298 g/mol. The first kappa shape index (κ1) is 16.3. The normalized spacial score (nSPS) is 11.8. The Balaban J connectivity index is 3.57. The van der Waals surface area contributed by atoms with Crippen LogP contribution < -0.4 is 5.73 Å². The van der Waals surface area contributed by atoms with Gasteiger partial charge in [0.05, 0.1) is 12.2 Å². The minimum absolute atomic E-state index is 0.0948. The van der Waals surface area contributed by atoms with Crippen molar-refractivity contribution in [2.45, 2.75) is 26.1 Å². The van der Waals surface area contributed by atoms with Crippen LogP contribution in [0.25, 0.3) is 0 Å². The number of carbonyl (C=O) groups is 1. The number of alkyl halides is 5. The van der Waals surface area contributed by atoms with Gasteiger partial charge in [-0.15, -0.1) is 0 Å². The highest BCUT2D eigenvalue weighted by Gasteiger charge is 2.40. The maximum Gasteiger partial charge on any atom is 0.417 e. The zero-order chi connectivity index (χ0) is 15.5. The average molecular weight is 298 g/mol. The molecule has 1 rings (SSSR count). The molecule has 1 heterocycles. The van der Waals surface area contributed by atoms with Gasteiger partial charge in [0.15, 0.2) is 5.69 Å². The maximum absolute atomic E-state index is 12.9. The third kappa shape index (κ3) is 3.21. The van der Waals surface area contributed by atoms with E-state index in [1.165, 1.54) is 6.92 Å². The number of halogens is 5. The van der Waals surface area contributed by atoms with Gasteiger partial charge in [-0.1, -0.05) is 0 Å². The number of ether oxygens (including phenoxy) is 1. The fourth-order valence-electron chi connectivity index (χ4n) is 1.64. The summed E-state index contributed by atoms with van der Waals surface area (Å²) in [7, 11) is 0. The predicted molar refractivity (Wildman–Crippen MR) is 58.0 cm³/mol. The molecule has 0 atom stereocenters. The van der Waals surface area contributed by atoms with Crippen molar-refractivity contribution in [3.63, 3.8) is 0 Å². The fraction of sp³-hybridized carbons (Fsp3) is 0.455. The highest BCUT2D eigenvalue weighted by atomic mass is 19.4. The number of hydrogen-bond donors (Lipinski definition) is 1. The molecule has 0 aliphatic carbocycles. The smallest absolute Gasteiger partial charge is 0.417 e. The van der Waals surface area contributed by atoms with Crippen LogP contribution in [-0.4, -0.2) is 17.6 Å². The van der Waals surface area contributed by atoms with E-state index in [0.717, 1.165) is 0 Å². The van der Waals surface area contributed by atoms with Crippen LogP contribution in [0, 0.1) is 0 Å². The van der Waals surface area contributed by atoms with Crippen molar-refractivity contribution >= 4 is 5.97 Å². The number of nitrogens with zero attached hydrogens (tertiary/aromatic N) is 1. The highest BCUT2D eigenvalue weighted by molar-refractivity contribution is 5.89. The van der Waals surface area contributed by atoms with Gasteiger partial charge in [0, 0.05) is 23.9 Å². The first-order valence-electron chi connectivity index (χ1n) is 5.48. The molecule has 0 aliphatic rings. The molecule has 0 bridgehead atoms. The Hall–Kier alpha value is -1.77. The maximum atomic E-state index is 12.9. The second-order valence-electron chi connectivity index (χ2n) is 3.64. The van der Waals surface area contributed by atoms with Crippen molar-refractivity contribution in [3.05, 3.63) is 28.6 Å². The van der Waals surface area contributed by atoms with E-state index >= 15 is 0 Å². The summed E-state index contributed by atoms with van der Waals surface area (Å²) in [6.45, 7) is 0.581. The van der Waals surface area contributed by atoms with E-state index < -0.39 is 47.5 Å². The summed E-state index contributed by atoms with van der Waals surface area (Å²) in [5.41, 5.74) is 0.713. The van der Waals surface area contributed by atoms with Crippen molar-refractivity contribution in [1.29, 1.82) is 0 Å². The molecule has 20 heavy (non-hydrogen) atoms. The molecule has 4 nitrogen and oxygen atoms in total. The van der Waals surface area contributed by atoms with Crippen LogP contribution in [0.15, 0.2) is 6.20 Å². The zero-order valence-corrected chi connectivity index (χ0v) is 10.3. The van der Waals surface area contributed by atoms with Gasteiger partial charge in [0.2, 0.25) is 0 Å². The Morgan fingerprint density at radius 3 is 2.45 bits per heavy atom. The highest BCUT2D eigenvalue weighted by Crippen LogP contribution is 2.39. The van der Waals surface area contributed by atoms with Gasteiger partial charge in [-0.25, -0.2) is 18.6 Å². The van der Waals surface area contributed by atoms with E-state index in [1.807, 2.05) is 0 Å². The molecule has 0 unspecified atom stereocenters. The summed E-state index contributed by atoms with van der Waals surface area (Å²) in [5.74, 6) is -1.14. The van der Waals surface area contributed by atoms with E-state index in [1.54, 1.807) is 0 Å². The first-order chi connectivity index (χ1) is 9.23. The Morgan fingerprint density at radius 1 is 1.45 bits per heavy atom.